The summed E-state index contributed by atoms with van der Waals surface area (Å²) in [7, 11) is 4.30. The molecule has 1 atom stereocenters. The van der Waals surface area contributed by atoms with Crippen LogP contribution in [0.1, 0.15) is 11.1 Å². The molecule has 2 heterocycles. The summed E-state index contributed by atoms with van der Waals surface area (Å²) >= 11 is 0. The highest BCUT2D eigenvalue weighted by molar-refractivity contribution is 5.92. The van der Waals surface area contributed by atoms with Gasteiger partial charge in [0.15, 0.2) is 5.76 Å². The van der Waals surface area contributed by atoms with E-state index in [4.69, 9.17) is 4.52 Å². The molecule has 3 aromatic rings. The van der Waals surface area contributed by atoms with Gasteiger partial charge in [-0.05, 0) is 50.2 Å². The highest BCUT2D eigenvalue weighted by atomic mass is 16.5. The van der Waals surface area contributed by atoms with E-state index < -0.39 is 0 Å². The minimum Gasteiger partial charge on any atom is -0.361 e. The van der Waals surface area contributed by atoms with Crippen molar-refractivity contribution in [3.05, 3.63) is 41.7 Å². The second-order valence-corrected chi connectivity index (χ2v) is 5.73. The molecule has 0 saturated carbocycles. The Kier molecular flexibility index (Phi) is 2.47. The molecule has 102 valence electrons. The Hall–Kier alpha value is -2.07. The summed E-state index contributed by atoms with van der Waals surface area (Å²) in [5.74, 6) is 0.855. The number of hydrogen-bond acceptors (Lipinski definition) is 3. The Labute approximate surface area is 117 Å². The summed E-state index contributed by atoms with van der Waals surface area (Å²) in [5.41, 5.74) is 5.17. The second kappa shape index (κ2) is 4.21. The lowest BCUT2D eigenvalue weighted by Gasteiger charge is -2.29. The number of aromatic amines is 1. The van der Waals surface area contributed by atoms with Crippen LogP contribution in [0, 0.1) is 0 Å². The fourth-order valence-corrected chi connectivity index (χ4v) is 3.26. The van der Waals surface area contributed by atoms with Gasteiger partial charge in [0, 0.05) is 34.8 Å². The summed E-state index contributed by atoms with van der Waals surface area (Å²) in [6.07, 6.45) is 6.00. The summed E-state index contributed by atoms with van der Waals surface area (Å²) in [4.78, 5) is 5.69. The third-order valence-corrected chi connectivity index (χ3v) is 4.36. The van der Waals surface area contributed by atoms with Crippen LogP contribution >= 0.6 is 0 Å². The smallest absolute Gasteiger partial charge is 0.167 e. The van der Waals surface area contributed by atoms with Crippen molar-refractivity contribution in [2.45, 2.75) is 18.9 Å². The molecule has 0 radical (unpaired) electrons. The third kappa shape index (κ3) is 1.61. The molecule has 0 saturated heterocycles. The first-order valence-corrected chi connectivity index (χ1v) is 6.93. The zero-order valence-electron chi connectivity index (χ0n) is 11.7. The average molecular weight is 267 g/mol. The van der Waals surface area contributed by atoms with Gasteiger partial charge in [0.25, 0.3) is 0 Å². The summed E-state index contributed by atoms with van der Waals surface area (Å²) < 4.78 is 5.37. The third-order valence-electron chi connectivity index (χ3n) is 4.36. The number of hydrogen-bond donors (Lipinski definition) is 1. The number of aromatic nitrogens is 2. The maximum atomic E-state index is 5.37. The predicted octanol–water partition coefficient (Wildman–Crippen LogP) is 2.85. The lowest BCUT2D eigenvalue weighted by molar-refractivity contribution is 0.287. The molecule has 0 amide bonds. The molecule has 1 N–H and O–H groups in total. The number of nitrogens with one attached hydrogen (secondary N) is 1. The lowest BCUT2D eigenvalue weighted by Crippen LogP contribution is -2.34. The summed E-state index contributed by atoms with van der Waals surface area (Å²) in [5, 5.41) is 5.22. The van der Waals surface area contributed by atoms with Crippen molar-refractivity contribution in [1.29, 1.82) is 0 Å². The van der Waals surface area contributed by atoms with Gasteiger partial charge in [0.05, 0.1) is 6.20 Å². The molecule has 0 spiro atoms. The molecule has 4 heteroatoms. The molecule has 0 aliphatic heterocycles. The van der Waals surface area contributed by atoms with E-state index >= 15 is 0 Å². The van der Waals surface area contributed by atoms with Gasteiger partial charge < -0.3 is 14.4 Å². The number of likely N-dealkylation sites (N-methyl/N-ethyl adjacent to an activating group) is 1. The van der Waals surface area contributed by atoms with Gasteiger partial charge in [-0.3, -0.25) is 0 Å². The Morgan fingerprint density at radius 1 is 1.25 bits per heavy atom. The Morgan fingerprint density at radius 2 is 2.15 bits per heavy atom. The van der Waals surface area contributed by atoms with Crippen LogP contribution in [0.15, 0.2) is 35.1 Å². The van der Waals surface area contributed by atoms with Crippen LogP contribution in [0.2, 0.25) is 0 Å². The van der Waals surface area contributed by atoms with Gasteiger partial charge in [-0.2, -0.15) is 0 Å². The first-order valence-electron chi connectivity index (χ1n) is 6.93. The normalized spacial score (nSPS) is 18.1. The standard InChI is InChI=1S/C16H17N3O/c1-19(2)11-7-10-9-17-14-4-3-12(13(8-11)16(10)14)15-5-6-18-20-15/h3-6,9,11,17H,7-8H2,1-2H3. The van der Waals surface area contributed by atoms with Gasteiger partial charge >= 0.3 is 0 Å². The van der Waals surface area contributed by atoms with Gasteiger partial charge in [-0.25, -0.2) is 0 Å². The molecule has 1 aliphatic carbocycles. The van der Waals surface area contributed by atoms with Crippen LogP contribution in [0.4, 0.5) is 0 Å². The first kappa shape index (κ1) is 11.7. The van der Waals surface area contributed by atoms with Gasteiger partial charge in [-0.1, -0.05) is 5.16 Å². The number of benzene rings is 1. The average Bonchev–Trinajstić information content (AvgIpc) is 3.09. The fourth-order valence-electron chi connectivity index (χ4n) is 3.26. The molecule has 2 aromatic heterocycles. The van der Waals surface area contributed by atoms with Crippen LogP contribution in [0.25, 0.3) is 22.2 Å². The molecule has 4 rings (SSSR count). The van der Waals surface area contributed by atoms with Gasteiger partial charge in [0.1, 0.15) is 0 Å². The van der Waals surface area contributed by atoms with Gasteiger partial charge in [-0.15, -0.1) is 0 Å². The van der Waals surface area contributed by atoms with E-state index in [-0.39, 0.29) is 0 Å². The molecule has 1 aromatic carbocycles. The SMILES string of the molecule is CN(C)C1Cc2c[nH]c3ccc(-c4ccno4)c(c23)C1. The van der Waals surface area contributed by atoms with E-state index in [0.29, 0.717) is 6.04 Å². The molecule has 1 unspecified atom stereocenters. The van der Waals surface area contributed by atoms with E-state index in [1.54, 1.807) is 6.20 Å². The van der Waals surface area contributed by atoms with Crippen molar-refractivity contribution in [3.8, 4) is 11.3 Å². The summed E-state index contributed by atoms with van der Waals surface area (Å²) in [6, 6.07) is 6.74. The van der Waals surface area contributed by atoms with Crippen LogP contribution in [-0.4, -0.2) is 35.2 Å². The Bertz CT molecular complexity index is 755. The topological polar surface area (TPSA) is 45.1 Å². The molecular formula is C16H17N3O. The number of nitrogens with zero attached hydrogens (tertiary/aromatic N) is 2. The zero-order chi connectivity index (χ0) is 13.7. The van der Waals surface area contributed by atoms with Crippen molar-refractivity contribution in [2.24, 2.45) is 0 Å². The van der Waals surface area contributed by atoms with Crippen LogP contribution < -0.4 is 0 Å². The van der Waals surface area contributed by atoms with E-state index in [9.17, 15) is 0 Å². The summed E-state index contributed by atoms with van der Waals surface area (Å²) in [6.45, 7) is 0. The van der Waals surface area contributed by atoms with Crippen LogP contribution in [0.3, 0.4) is 0 Å². The maximum absolute atomic E-state index is 5.37. The largest absolute Gasteiger partial charge is 0.361 e. The molecule has 20 heavy (non-hydrogen) atoms. The molecule has 0 bridgehead atoms. The highest BCUT2D eigenvalue weighted by Crippen LogP contribution is 2.37. The van der Waals surface area contributed by atoms with E-state index in [2.05, 4.69) is 47.5 Å². The van der Waals surface area contributed by atoms with Crippen LogP contribution in [0.5, 0.6) is 0 Å². The Balaban J connectivity index is 1.96. The quantitative estimate of drug-likeness (QED) is 0.776. The molecule has 0 fully saturated rings. The number of H-pyrrole nitrogens is 1. The number of rotatable bonds is 2. The molecular weight excluding hydrogens is 250 g/mol. The van der Waals surface area contributed by atoms with Gasteiger partial charge in [0.2, 0.25) is 0 Å². The maximum Gasteiger partial charge on any atom is 0.167 e. The Morgan fingerprint density at radius 3 is 2.90 bits per heavy atom. The molecule has 4 nitrogen and oxygen atoms in total. The first-order chi connectivity index (χ1) is 9.74. The monoisotopic (exact) mass is 267 g/mol. The predicted molar refractivity (Wildman–Crippen MR) is 78.7 cm³/mol. The van der Waals surface area contributed by atoms with E-state index in [1.165, 1.54) is 27.6 Å². The fraction of sp³-hybridized carbons (Fsp3) is 0.312. The van der Waals surface area contributed by atoms with Crippen molar-refractivity contribution in [1.82, 2.24) is 15.0 Å². The zero-order valence-corrected chi connectivity index (χ0v) is 11.7. The second-order valence-electron chi connectivity index (χ2n) is 5.73. The molecule has 1 aliphatic rings. The minimum absolute atomic E-state index is 0.533. The van der Waals surface area contributed by atoms with E-state index in [1.807, 2.05) is 6.07 Å². The van der Waals surface area contributed by atoms with Crippen molar-refractivity contribution >= 4 is 10.9 Å². The lowest BCUT2D eigenvalue weighted by atomic mass is 9.85. The van der Waals surface area contributed by atoms with Crippen molar-refractivity contribution in [3.63, 3.8) is 0 Å². The highest BCUT2D eigenvalue weighted by Gasteiger charge is 2.26. The van der Waals surface area contributed by atoms with E-state index in [0.717, 1.165) is 18.6 Å². The van der Waals surface area contributed by atoms with Crippen molar-refractivity contribution in [2.75, 3.05) is 14.1 Å². The van der Waals surface area contributed by atoms with Crippen LogP contribution in [-0.2, 0) is 12.8 Å². The minimum atomic E-state index is 0.533. The van der Waals surface area contributed by atoms with Crippen molar-refractivity contribution < 1.29 is 4.52 Å².